The van der Waals surface area contributed by atoms with Crippen molar-refractivity contribution in [3.8, 4) is 17.0 Å². The molecule has 5 heteroatoms. The molecule has 1 aromatic heterocycles. The summed E-state index contributed by atoms with van der Waals surface area (Å²) in [5.74, 6) is -0.373. The van der Waals surface area contributed by atoms with Gasteiger partial charge < -0.3 is 14.4 Å². The number of carbonyl (C=O) groups is 2. The van der Waals surface area contributed by atoms with Gasteiger partial charge in [0.25, 0.3) is 0 Å². The third kappa shape index (κ3) is 3.49. The second kappa shape index (κ2) is 7.91. The highest BCUT2D eigenvalue weighted by Gasteiger charge is 2.26. The zero-order valence-corrected chi connectivity index (χ0v) is 15.3. The molecule has 0 unspecified atom stereocenters. The number of ether oxygens (including phenoxy) is 1. The number of rotatable bonds is 7. The molecule has 0 bridgehead atoms. The molecule has 0 aliphatic rings. The first kappa shape index (κ1) is 18.5. The molecule has 3 aromatic rings. The summed E-state index contributed by atoms with van der Waals surface area (Å²) in [7, 11) is 1.59. The quantitative estimate of drug-likeness (QED) is 0.636. The van der Waals surface area contributed by atoms with Crippen LogP contribution in [0.2, 0.25) is 0 Å². The van der Waals surface area contributed by atoms with Crippen molar-refractivity contribution in [2.75, 3.05) is 7.11 Å². The van der Waals surface area contributed by atoms with Crippen molar-refractivity contribution in [1.82, 2.24) is 4.57 Å². The van der Waals surface area contributed by atoms with Gasteiger partial charge in [0.2, 0.25) is 0 Å². The lowest BCUT2D eigenvalue weighted by Gasteiger charge is -2.13. The zero-order valence-electron chi connectivity index (χ0n) is 15.3. The number of hydrogen-bond donors (Lipinski definition) is 1. The van der Waals surface area contributed by atoms with Crippen LogP contribution in [0.1, 0.15) is 38.9 Å². The Morgan fingerprint density at radius 1 is 1.11 bits per heavy atom. The number of carboxylic acid groups (broad SMARTS) is 1. The van der Waals surface area contributed by atoms with Crippen molar-refractivity contribution in [1.29, 1.82) is 0 Å². The Kier molecular flexibility index (Phi) is 5.41. The lowest BCUT2D eigenvalue weighted by Crippen LogP contribution is -2.08. The second-order valence-electron chi connectivity index (χ2n) is 6.16. The van der Waals surface area contributed by atoms with Gasteiger partial charge in [-0.1, -0.05) is 37.3 Å². The molecule has 3 rings (SSSR count). The summed E-state index contributed by atoms with van der Waals surface area (Å²) in [6.45, 7) is 2.31. The summed E-state index contributed by atoms with van der Waals surface area (Å²) in [4.78, 5) is 23.8. The fourth-order valence-corrected chi connectivity index (χ4v) is 3.41. The Labute approximate surface area is 157 Å². The molecule has 0 aliphatic heterocycles. The van der Waals surface area contributed by atoms with E-state index < -0.39 is 5.97 Å². The van der Waals surface area contributed by atoms with E-state index >= 15 is 0 Å². The molecule has 2 aromatic carbocycles. The summed E-state index contributed by atoms with van der Waals surface area (Å²) >= 11 is 0. The molecule has 138 valence electrons. The number of carbonyl (C=O) groups excluding carboxylic acids is 1. The standard InChI is InChI=1S/C22H21NO4/c1-3-18-20(22(25)26)19(14-24)23(13-15-7-5-4-6-8-15)21(18)16-9-11-17(27-2)12-10-16/h4-12,14H,3,13H2,1-2H3,(H,25,26). The third-order valence-corrected chi connectivity index (χ3v) is 4.63. The monoisotopic (exact) mass is 363 g/mol. The van der Waals surface area contributed by atoms with E-state index in [1.165, 1.54) is 0 Å². The van der Waals surface area contributed by atoms with Gasteiger partial charge in [-0.25, -0.2) is 4.79 Å². The Hall–Kier alpha value is -3.34. The van der Waals surface area contributed by atoms with Crippen LogP contribution in [0.4, 0.5) is 0 Å². The lowest BCUT2D eigenvalue weighted by atomic mass is 10.0. The number of aldehydes is 1. The molecule has 0 spiro atoms. The van der Waals surface area contributed by atoms with Gasteiger partial charge in [-0.15, -0.1) is 0 Å². The number of benzene rings is 2. The summed E-state index contributed by atoms with van der Waals surface area (Å²) in [5, 5.41) is 9.75. The van der Waals surface area contributed by atoms with Crippen molar-refractivity contribution in [2.45, 2.75) is 19.9 Å². The molecule has 0 atom stereocenters. The number of aromatic carboxylic acids is 1. The Morgan fingerprint density at radius 2 is 1.78 bits per heavy atom. The predicted molar refractivity (Wildman–Crippen MR) is 104 cm³/mol. The first-order chi connectivity index (χ1) is 13.1. The summed E-state index contributed by atoms with van der Waals surface area (Å²) in [6.07, 6.45) is 1.14. The van der Waals surface area contributed by atoms with Gasteiger partial charge in [0.1, 0.15) is 5.75 Å². The molecular weight excluding hydrogens is 342 g/mol. The van der Waals surface area contributed by atoms with Gasteiger partial charge in [0.15, 0.2) is 6.29 Å². The topological polar surface area (TPSA) is 68.5 Å². The van der Waals surface area contributed by atoms with Gasteiger partial charge in [-0.3, -0.25) is 4.79 Å². The van der Waals surface area contributed by atoms with Gasteiger partial charge in [0.05, 0.1) is 24.1 Å². The van der Waals surface area contributed by atoms with Crippen LogP contribution in [0.15, 0.2) is 54.6 Å². The third-order valence-electron chi connectivity index (χ3n) is 4.63. The molecule has 0 saturated carbocycles. The van der Waals surface area contributed by atoms with Crippen LogP contribution in [0.5, 0.6) is 5.75 Å². The Balaban J connectivity index is 2.27. The molecule has 5 nitrogen and oxygen atoms in total. The van der Waals surface area contributed by atoms with E-state index in [4.69, 9.17) is 4.74 Å². The van der Waals surface area contributed by atoms with E-state index in [1.54, 1.807) is 11.7 Å². The highest BCUT2D eigenvalue weighted by Crippen LogP contribution is 2.33. The first-order valence-electron chi connectivity index (χ1n) is 8.72. The van der Waals surface area contributed by atoms with Crippen molar-refractivity contribution in [2.24, 2.45) is 0 Å². The summed E-state index contributed by atoms with van der Waals surface area (Å²) in [5.41, 5.74) is 3.52. The molecule has 27 heavy (non-hydrogen) atoms. The van der Waals surface area contributed by atoms with E-state index in [-0.39, 0.29) is 11.3 Å². The molecule has 0 saturated heterocycles. The molecule has 1 heterocycles. The van der Waals surface area contributed by atoms with Crippen LogP contribution >= 0.6 is 0 Å². The van der Waals surface area contributed by atoms with Crippen LogP contribution < -0.4 is 4.74 Å². The van der Waals surface area contributed by atoms with Crippen molar-refractivity contribution in [3.05, 3.63) is 77.0 Å². The summed E-state index contributed by atoms with van der Waals surface area (Å²) < 4.78 is 7.02. The first-order valence-corrected chi connectivity index (χ1v) is 8.72. The van der Waals surface area contributed by atoms with Crippen molar-refractivity contribution >= 4 is 12.3 Å². The number of hydrogen-bond acceptors (Lipinski definition) is 3. The molecule has 1 N–H and O–H groups in total. The molecule has 0 aliphatic carbocycles. The largest absolute Gasteiger partial charge is 0.497 e. The Morgan fingerprint density at radius 3 is 2.30 bits per heavy atom. The number of methoxy groups -OCH3 is 1. The summed E-state index contributed by atoms with van der Waals surface area (Å²) in [6, 6.07) is 17.1. The maximum atomic E-state index is 11.9. The zero-order chi connectivity index (χ0) is 19.4. The van der Waals surface area contributed by atoms with E-state index in [9.17, 15) is 14.7 Å². The van der Waals surface area contributed by atoms with E-state index in [0.29, 0.717) is 30.6 Å². The number of nitrogens with zero attached hydrogens (tertiary/aromatic N) is 1. The molecule has 0 fully saturated rings. The highest BCUT2D eigenvalue weighted by molar-refractivity contribution is 6.00. The van der Waals surface area contributed by atoms with Crippen LogP contribution in [-0.2, 0) is 13.0 Å². The van der Waals surface area contributed by atoms with Crippen molar-refractivity contribution < 1.29 is 19.4 Å². The maximum Gasteiger partial charge on any atom is 0.338 e. The fourth-order valence-electron chi connectivity index (χ4n) is 3.41. The highest BCUT2D eigenvalue weighted by atomic mass is 16.5. The maximum absolute atomic E-state index is 11.9. The average molecular weight is 363 g/mol. The normalized spacial score (nSPS) is 10.6. The van der Waals surface area contributed by atoms with Crippen LogP contribution in [-0.4, -0.2) is 29.0 Å². The van der Waals surface area contributed by atoms with Gasteiger partial charge in [-0.2, -0.15) is 0 Å². The van der Waals surface area contributed by atoms with Gasteiger partial charge in [-0.05, 0) is 47.4 Å². The number of aromatic nitrogens is 1. The predicted octanol–water partition coefficient (Wildman–Crippen LogP) is 4.29. The SMILES string of the molecule is CCc1c(C(=O)O)c(C=O)n(Cc2ccccc2)c1-c1ccc(OC)cc1. The smallest absolute Gasteiger partial charge is 0.338 e. The molecule has 0 amide bonds. The minimum Gasteiger partial charge on any atom is -0.497 e. The second-order valence-corrected chi connectivity index (χ2v) is 6.16. The minimum atomic E-state index is -1.09. The van der Waals surface area contributed by atoms with Crippen molar-refractivity contribution in [3.63, 3.8) is 0 Å². The van der Waals surface area contributed by atoms with Crippen LogP contribution in [0.3, 0.4) is 0 Å². The minimum absolute atomic E-state index is 0.0780. The van der Waals surface area contributed by atoms with E-state index in [1.807, 2.05) is 61.5 Å². The average Bonchev–Trinajstić information content (AvgIpc) is 3.02. The Bertz CT molecular complexity index is 956. The molecule has 0 radical (unpaired) electrons. The van der Waals surface area contributed by atoms with E-state index in [0.717, 1.165) is 16.8 Å². The van der Waals surface area contributed by atoms with Crippen LogP contribution in [0.25, 0.3) is 11.3 Å². The number of carboxylic acids is 1. The van der Waals surface area contributed by atoms with E-state index in [2.05, 4.69) is 0 Å². The van der Waals surface area contributed by atoms with Crippen LogP contribution in [0, 0.1) is 0 Å². The van der Waals surface area contributed by atoms with Gasteiger partial charge >= 0.3 is 5.97 Å². The van der Waals surface area contributed by atoms with Gasteiger partial charge in [0, 0.05) is 6.54 Å². The fraction of sp³-hybridized carbons (Fsp3) is 0.182. The lowest BCUT2D eigenvalue weighted by molar-refractivity contribution is 0.0692. The molecular formula is C22H21NO4.